The van der Waals surface area contributed by atoms with Crippen molar-refractivity contribution in [2.45, 2.75) is 37.6 Å². The molecule has 5 rings (SSSR count). The minimum absolute atomic E-state index is 0.191. The molecule has 2 aromatic heterocycles. The van der Waals surface area contributed by atoms with Gasteiger partial charge < -0.3 is 19.3 Å². The minimum Gasteiger partial charge on any atom is -0.497 e. The van der Waals surface area contributed by atoms with Crippen LogP contribution in [0.1, 0.15) is 24.0 Å². The van der Waals surface area contributed by atoms with Crippen LogP contribution in [0.25, 0.3) is 0 Å². The van der Waals surface area contributed by atoms with E-state index in [4.69, 9.17) is 9.47 Å². The van der Waals surface area contributed by atoms with Crippen LogP contribution in [0.2, 0.25) is 0 Å². The van der Waals surface area contributed by atoms with Gasteiger partial charge in [-0.3, -0.25) is 0 Å². The first-order valence-electron chi connectivity index (χ1n) is 12.8. The first-order chi connectivity index (χ1) is 18.4. The summed E-state index contributed by atoms with van der Waals surface area (Å²) >= 11 is 0. The summed E-state index contributed by atoms with van der Waals surface area (Å²) in [5.41, 5.74) is 1.34. The van der Waals surface area contributed by atoms with Gasteiger partial charge in [-0.1, -0.05) is 0 Å². The summed E-state index contributed by atoms with van der Waals surface area (Å²) in [5.74, 6) is 2.16. The van der Waals surface area contributed by atoms with Crippen LogP contribution in [0.5, 0.6) is 11.8 Å². The Kier molecular flexibility index (Phi) is 7.61. The zero-order valence-corrected chi connectivity index (χ0v) is 22.8. The largest absolute Gasteiger partial charge is 0.497 e. The van der Waals surface area contributed by atoms with E-state index in [2.05, 4.69) is 29.7 Å². The number of hydrogen-bond donors (Lipinski definition) is 0. The van der Waals surface area contributed by atoms with Gasteiger partial charge in [-0.15, -0.1) is 0 Å². The summed E-state index contributed by atoms with van der Waals surface area (Å²) in [6, 6.07) is 7.15. The number of aryl methyl sites for hydroxylation is 2. The molecule has 4 heterocycles. The molecule has 2 aliphatic rings. The van der Waals surface area contributed by atoms with Crippen molar-refractivity contribution in [3.8, 4) is 11.8 Å². The van der Waals surface area contributed by atoms with Crippen molar-refractivity contribution in [3.63, 3.8) is 0 Å². The quantitative estimate of drug-likeness (QED) is 0.423. The fourth-order valence-electron chi connectivity index (χ4n) is 5.18. The van der Waals surface area contributed by atoms with E-state index in [0.717, 1.165) is 50.8 Å². The van der Waals surface area contributed by atoms with E-state index < -0.39 is 10.0 Å². The zero-order chi connectivity index (χ0) is 26.7. The maximum atomic E-state index is 13.7. The van der Waals surface area contributed by atoms with Crippen LogP contribution in [0.4, 0.5) is 11.8 Å². The van der Waals surface area contributed by atoms with Gasteiger partial charge in [-0.25, -0.2) is 23.4 Å². The molecule has 1 atom stereocenters. The Morgan fingerprint density at radius 2 is 1.63 bits per heavy atom. The van der Waals surface area contributed by atoms with Crippen LogP contribution in [0.3, 0.4) is 0 Å². The third-order valence-corrected chi connectivity index (χ3v) is 9.28. The molecule has 1 aromatic carbocycles. The van der Waals surface area contributed by atoms with E-state index in [0.29, 0.717) is 28.3 Å². The Hall–Kier alpha value is -3.51. The number of aromatic nitrogens is 4. The standard InChI is InChI=1S/C26H33N7O4S/c1-19-16-22(36-3)17-20(2)24(19)38(34,35)33-11-4-6-21(33)18-37-26-29-10-7-23(30-26)31-12-14-32(15-13-31)25-27-8-5-9-28-25/h5,7-10,16-17,21H,4,6,11-15,18H2,1-3H3/t21-/m0/s1. The van der Waals surface area contributed by atoms with Crippen molar-refractivity contribution < 1.29 is 17.9 Å². The van der Waals surface area contributed by atoms with Crippen molar-refractivity contribution in [3.05, 3.63) is 54.0 Å². The molecule has 0 unspecified atom stereocenters. The zero-order valence-electron chi connectivity index (χ0n) is 21.9. The lowest BCUT2D eigenvalue weighted by Crippen LogP contribution is -2.47. The maximum absolute atomic E-state index is 13.7. The van der Waals surface area contributed by atoms with Gasteiger partial charge in [0.05, 0.1) is 18.0 Å². The molecule has 2 saturated heterocycles. The van der Waals surface area contributed by atoms with Gasteiger partial charge in [0.15, 0.2) is 0 Å². The molecule has 3 aromatic rings. The molecule has 0 saturated carbocycles. The van der Waals surface area contributed by atoms with Gasteiger partial charge in [0, 0.05) is 51.3 Å². The highest BCUT2D eigenvalue weighted by atomic mass is 32.2. The van der Waals surface area contributed by atoms with E-state index in [1.807, 2.05) is 12.1 Å². The summed E-state index contributed by atoms with van der Waals surface area (Å²) in [5, 5.41) is 0. The molecule has 0 aliphatic carbocycles. The lowest BCUT2D eigenvalue weighted by atomic mass is 10.1. The maximum Gasteiger partial charge on any atom is 0.318 e. The van der Waals surface area contributed by atoms with E-state index >= 15 is 0 Å². The molecular formula is C26H33N7O4S. The van der Waals surface area contributed by atoms with Crippen LogP contribution < -0.4 is 19.3 Å². The number of anilines is 2. The first-order valence-corrected chi connectivity index (χ1v) is 14.2. The Labute approximate surface area is 223 Å². The minimum atomic E-state index is -3.70. The lowest BCUT2D eigenvalue weighted by molar-refractivity contribution is 0.218. The fourth-order valence-corrected chi connectivity index (χ4v) is 7.28. The van der Waals surface area contributed by atoms with Crippen molar-refractivity contribution in [1.82, 2.24) is 24.2 Å². The SMILES string of the molecule is COc1cc(C)c(S(=O)(=O)N2CCC[C@H]2COc2nccc(N3CCN(c4ncccn4)CC3)n2)c(C)c1. The second-order valence-corrected chi connectivity index (χ2v) is 11.4. The Balaban J connectivity index is 1.23. The highest BCUT2D eigenvalue weighted by Gasteiger charge is 2.37. The number of rotatable bonds is 8. The molecule has 0 spiro atoms. The van der Waals surface area contributed by atoms with Crippen molar-refractivity contribution in [2.24, 2.45) is 0 Å². The Morgan fingerprint density at radius 3 is 2.32 bits per heavy atom. The van der Waals surface area contributed by atoms with Crippen LogP contribution in [-0.2, 0) is 10.0 Å². The predicted molar refractivity (Wildman–Crippen MR) is 143 cm³/mol. The van der Waals surface area contributed by atoms with Crippen LogP contribution in [0, 0.1) is 13.8 Å². The normalized spacial score (nSPS) is 18.6. The Morgan fingerprint density at radius 1 is 0.947 bits per heavy atom. The monoisotopic (exact) mass is 539 g/mol. The molecule has 11 nitrogen and oxygen atoms in total. The third kappa shape index (κ3) is 5.37. The average molecular weight is 540 g/mol. The summed E-state index contributed by atoms with van der Waals surface area (Å²) in [6.07, 6.45) is 6.67. The topological polar surface area (TPSA) is 114 Å². The second kappa shape index (κ2) is 11.1. The smallest absolute Gasteiger partial charge is 0.318 e. The Bertz CT molecular complexity index is 1340. The summed E-state index contributed by atoms with van der Waals surface area (Å²) < 4.78 is 40.2. The summed E-state index contributed by atoms with van der Waals surface area (Å²) in [6.45, 7) is 7.35. The van der Waals surface area contributed by atoms with E-state index in [1.54, 1.807) is 56.0 Å². The predicted octanol–water partition coefficient (Wildman–Crippen LogP) is 2.45. The van der Waals surface area contributed by atoms with E-state index in [-0.39, 0.29) is 18.7 Å². The number of sulfonamides is 1. The molecule has 38 heavy (non-hydrogen) atoms. The lowest BCUT2D eigenvalue weighted by Gasteiger charge is -2.35. The van der Waals surface area contributed by atoms with Crippen molar-refractivity contribution >= 4 is 21.8 Å². The number of nitrogens with zero attached hydrogens (tertiary/aromatic N) is 7. The number of ether oxygens (including phenoxy) is 2. The van der Waals surface area contributed by atoms with Crippen molar-refractivity contribution in [1.29, 1.82) is 0 Å². The summed E-state index contributed by atoms with van der Waals surface area (Å²) in [7, 11) is -2.12. The van der Waals surface area contributed by atoms with Gasteiger partial charge in [0.25, 0.3) is 0 Å². The molecule has 12 heteroatoms. The summed E-state index contributed by atoms with van der Waals surface area (Å²) in [4.78, 5) is 22.2. The van der Waals surface area contributed by atoms with Gasteiger partial charge in [-0.2, -0.15) is 9.29 Å². The van der Waals surface area contributed by atoms with Gasteiger partial charge in [0.1, 0.15) is 18.2 Å². The number of piperazine rings is 1. The van der Waals surface area contributed by atoms with Gasteiger partial charge in [-0.05, 0) is 62.1 Å². The molecule has 0 N–H and O–H groups in total. The number of methoxy groups -OCH3 is 1. The van der Waals surface area contributed by atoms with Crippen LogP contribution in [0.15, 0.2) is 47.8 Å². The molecule has 2 fully saturated rings. The molecule has 0 bridgehead atoms. The second-order valence-electron chi connectivity index (χ2n) is 9.53. The van der Waals surface area contributed by atoms with Crippen LogP contribution >= 0.6 is 0 Å². The van der Waals surface area contributed by atoms with Crippen LogP contribution in [-0.4, -0.2) is 85.1 Å². The van der Waals surface area contributed by atoms with Crippen molar-refractivity contribution in [2.75, 3.05) is 56.2 Å². The van der Waals surface area contributed by atoms with E-state index in [9.17, 15) is 8.42 Å². The molecule has 0 amide bonds. The highest BCUT2D eigenvalue weighted by Crippen LogP contribution is 2.32. The molecule has 2 aliphatic heterocycles. The first kappa shape index (κ1) is 26.1. The highest BCUT2D eigenvalue weighted by molar-refractivity contribution is 7.89. The number of hydrogen-bond acceptors (Lipinski definition) is 10. The molecular weight excluding hydrogens is 506 g/mol. The average Bonchev–Trinajstić information content (AvgIpc) is 3.42. The molecule has 202 valence electrons. The molecule has 0 radical (unpaired) electrons. The third-order valence-electron chi connectivity index (χ3n) is 7.02. The van der Waals surface area contributed by atoms with Gasteiger partial charge in [0.2, 0.25) is 16.0 Å². The fraction of sp³-hybridized carbons (Fsp3) is 0.462. The van der Waals surface area contributed by atoms with Gasteiger partial charge >= 0.3 is 6.01 Å². The van der Waals surface area contributed by atoms with E-state index in [1.165, 1.54) is 0 Å². The number of benzene rings is 1.